The summed E-state index contributed by atoms with van der Waals surface area (Å²) in [5, 5.41) is 17.1. The largest absolute Gasteiger partial charge is 0.296 e. The lowest BCUT2D eigenvalue weighted by Gasteiger charge is -2.18. The van der Waals surface area contributed by atoms with Gasteiger partial charge in [0.1, 0.15) is 5.01 Å². The van der Waals surface area contributed by atoms with Crippen molar-refractivity contribution in [1.82, 2.24) is 25.0 Å². The lowest BCUT2D eigenvalue weighted by Crippen LogP contribution is -2.13. The van der Waals surface area contributed by atoms with E-state index in [4.69, 9.17) is 0 Å². The third kappa shape index (κ3) is 3.37. The van der Waals surface area contributed by atoms with E-state index >= 15 is 0 Å². The lowest BCUT2D eigenvalue weighted by molar-refractivity contribution is 0.102. The molecule has 26 heavy (non-hydrogen) atoms. The van der Waals surface area contributed by atoms with Gasteiger partial charge in [0.2, 0.25) is 5.13 Å². The molecule has 0 atom stereocenters. The zero-order valence-electron chi connectivity index (χ0n) is 14.6. The molecule has 134 valence electrons. The van der Waals surface area contributed by atoms with Crippen LogP contribution in [-0.2, 0) is 0 Å². The van der Waals surface area contributed by atoms with Gasteiger partial charge in [0.25, 0.3) is 5.91 Å². The fraction of sp³-hybridized carbons (Fsp3) is 0.389. The molecular formula is C18H20N6OS. The third-order valence-electron chi connectivity index (χ3n) is 4.74. The van der Waals surface area contributed by atoms with Crippen LogP contribution in [0.15, 0.2) is 30.6 Å². The minimum Gasteiger partial charge on any atom is -0.296 e. The highest BCUT2D eigenvalue weighted by Gasteiger charge is 2.21. The molecule has 1 saturated carbocycles. The van der Waals surface area contributed by atoms with Crippen molar-refractivity contribution in [1.29, 1.82) is 0 Å². The standard InChI is InChI=1S/C18H20N6OS/c1-12-14(11-20-24(12)15-9-5-6-10-19-15)16(25)21-18-23-22-17(26-18)13-7-3-2-4-8-13/h5-6,9-11,13H,2-4,7-8H2,1H3,(H,21,23,25). The van der Waals surface area contributed by atoms with E-state index in [1.54, 1.807) is 17.1 Å². The molecule has 1 fully saturated rings. The Morgan fingerprint density at radius 2 is 2.08 bits per heavy atom. The van der Waals surface area contributed by atoms with Crippen LogP contribution in [0.4, 0.5) is 5.13 Å². The van der Waals surface area contributed by atoms with Crippen molar-refractivity contribution in [3.05, 3.63) is 46.9 Å². The Kier molecular flexibility index (Phi) is 4.75. The fourth-order valence-electron chi connectivity index (χ4n) is 3.31. The molecule has 0 aliphatic heterocycles. The number of amides is 1. The summed E-state index contributed by atoms with van der Waals surface area (Å²) in [7, 11) is 0. The van der Waals surface area contributed by atoms with Crippen LogP contribution in [0, 0.1) is 6.92 Å². The molecule has 1 aliphatic carbocycles. The predicted molar refractivity (Wildman–Crippen MR) is 99.8 cm³/mol. The Hall–Kier alpha value is -2.61. The monoisotopic (exact) mass is 368 g/mol. The van der Waals surface area contributed by atoms with Crippen molar-refractivity contribution in [2.75, 3.05) is 5.32 Å². The van der Waals surface area contributed by atoms with E-state index in [2.05, 4.69) is 25.6 Å². The molecule has 7 nitrogen and oxygen atoms in total. The van der Waals surface area contributed by atoms with Crippen molar-refractivity contribution >= 4 is 22.4 Å². The average Bonchev–Trinajstić information content (AvgIpc) is 3.30. The number of anilines is 1. The highest BCUT2D eigenvalue weighted by molar-refractivity contribution is 7.15. The molecular weight excluding hydrogens is 348 g/mol. The maximum Gasteiger partial charge on any atom is 0.260 e. The smallest absolute Gasteiger partial charge is 0.260 e. The number of pyridine rings is 1. The van der Waals surface area contributed by atoms with E-state index in [1.807, 2.05) is 25.1 Å². The summed E-state index contributed by atoms with van der Waals surface area (Å²) in [5.74, 6) is 0.941. The van der Waals surface area contributed by atoms with Crippen LogP contribution in [0.5, 0.6) is 0 Å². The van der Waals surface area contributed by atoms with Gasteiger partial charge in [-0.2, -0.15) is 5.10 Å². The summed E-state index contributed by atoms with van der Waals surface area (Å²) in [4.78, 5) is 16.9. The van der Waals surface area contributed by atoms with Gasteiger partial charge in [-0.25, -0.2) is 9.67 Å². The van der Waals surface area contributed by atoms with E-state index in [0.717, 1.165) is 10.7 Å². The molecule has 1 amide bonds. The molecule has 0 saturated heterocycles. The van der Waals surface area contributed by atoms with Gasteiger partial charge in [0.15, 0.2) is 5.82 Å². The summed E-state index contributed by atoms with van der Waals surface area (Å²) < 4.78 is 1.66. The maximum absolute atomic E-state index is 12.6. The van der Waals surface area contributed by atoms with Crippen LogP contribution in [-0.4, -0.2) is 30.9 Å². The van der Waals surface area contributed by atoms with Gasteiger partial charge in [-0.05, 0) is 31.9 Å². The van der Waals surface area contributed by atoms with E-state index in [1.165, 1.54) is 43.4 Å². The minimum atomic E-state index is -0.226. The topological polar surface area (TPSA) is 85.6 Å². The summed E-state index contributed by atoms with van der Waals surface area (Å²) >= 11 is 1.48. The molecule has 0 spiro atoms. The van der Waals surface area contributed by atoms with E-state index in [9.17, 15) is 4.79 Å². The SMILES string of the molecule is Cc1c(C(=O)Nc2nnc(C3CCCCC3)s2)cnn1-c1ccccn1. The van der Waals surface area contributed by atoms with Crippen LogP contribution < -0.4 is 5.32 Å². The number of nitrogens with one attached hydrogen (secondary N) is 1. The zero-order chi connectivity index (χ0) is 17.9. The number of rotatable bonds is 4. The Morgan fingerprint density at radius 1 is 1.23 bits per heavy atom. The van der Waals surface area contributed by atoms with Crippen LogP contribution >= 0.6 is 11.3 Å². The lowest BCUT2D eigenvalue weighted by atomic mass is 9.90. The maximum atomic E-state index is 12.6. The van der Waals surface area contributed by atoms with Gasteiger partial charge in [0.05, 0.1) is 17.5 Å². The number of hydrogen-bond acceptors (Lipinski definition) is 6. The fourth-order valence-corrected chi connectivity index (χ4v) is 4.21. The van der Waals surface area contributed by atoms with Gasteiger partial charge in [-0.1, -0.05) is 36.7 Å². The molecule has 0 bridgehead atoms. The first kappa shape index (κ1) is 16.8. The molecule has 0 unspecified atom stereocenters. The molecule has 3 aromatic rings. The highest BCUT2D eigenvalue weighted by Crippen LogP contribution is 2.35. The van der Waals surface area contributed by atoms with Crippen molar-refractivity contribution < 1.29 is 4.79 Å². The van der Waals surface area contributed by atoms with Crippen LogP contribution in [0.2, 0.25) is 0 Å². The molecule has 3 heterocycles. The summed E-state index contributed by atoms with van der Waals surface area (Å²) in [6.45, 7) is 1.85. The Bertz CT molecular complexity index is 898. The van der Waals surface area contributed by atoms with E-state index in [-0.39, 0.29) is 5.91 Å². The Morgan fingerprint density at radius 3 is 2.85 bits per heavy atom. The van der Waals surface area contributed by atoms with Crippen LogP contribution in [0.1, 0.15) is 59.1 Å². The molecule has 1 aliphatic rings. The van der Waals surface area contributed by atoms with Gasteiger partial charge < -0.3 is 0 Å². The van der Waals surface area contributed by atoms with Crippen LogP contribution in [0.3, 0.4) is 0 Å². The molecule has 1 N–H and O–H groups in total. The van der Waals surface area contributed by atoms with Gasteiger partial charge >= 0.3 is 0 Å². The number of hydrogen-bond donors (Lipinski definition) is 1. The molecule has 3 aromatic heterocycles. The van der Waals surface area contributed by atoms with E-state index in [0.29, 0.717) is 22.4 Å². The predicted octanol–water partition coefficient (Wildman–Crippen LogP) is 3.73. The zero-order valence-corrected chi connectivity index (χ0v) is 15.4. The second-order valence-corrected chi connectivity index (χ2v) is 7.49. The molecule has 8 heteroatoms. The van der Waals surface area contributed by atoms with Gasteiger partial charge in [0, 0.05) is 12.1 Å². The van der Waals surface area contributed by atoms with Crippen molar-refractivity contribution in [3.8, 4) is 5.82 Å². The van der Waals surface area contributed by atoms with Crippen molar-refractivity contribution in [2.45, 2.75) is 44.9 Å². The number of aromatic nitrogens is 5. The summed E-state index contributed by atoms with van der Waals surface area (Å²) in [6.07, 6.45) is 9.39. The molecule has 0 aromatic carbocycles. The first-order valence-electron chi connectivity index (χ1n) is 8.83. The Balaban J connectivity index is 1.49. The molecule has 0 radical (unpaired) electrons. The van der Waals surface area contributed by atoms with Crippen molar-refractivity contribution in [3.63, 3.8) is 0 Å². The summed E-state index contributed by atoms with van der Waals surface area (Å²) in [6, 6.07) is 5.58. The quantitative estimate of drug-likeness (QED) is 0.758. The number of nitrogens with zero attached hydrogens (tertiary/aromatic N) is 5. The first-order valence-corrected chi connectivity index (χ1v) is 9.65. The number of carbonyl (C=O) groups is 1. The third-order valence-corrected chi connectivity index (χ3v) is 5.74. The van der Waals surface area contributed by atoms with Gasteiger partial charge in [-0.3, -0.25) is 10.1 Å². The van der Waals surface area contributed by atoms with Crippen LogP contribution in [0.25, 0.3) is 5.82 Å². The molecule has 4 rings (SSSR count). The summed E-state index contributed by atoms with van der Waals surface area (Å²) in [5.41, 5.74) is 1.24. The minimum absolute atomic E-state index is 0.226. The highest BCUT2D eigenvalue weighted by atomic mass is 32.1. The van der Waals surface area contributed by atoms with Gasteiger partial charge in [-0.15, -0.1) is 10.2 Å². The second kappa shape index (κ2) is 7.33. The average molecular weight is 368 g/mol. The normalized spacial score (nSPS) is 15.1. The Labute approximate surface area is 155 Å². The second-order valence-electron chi connectivity index (χ2n) is 6.48. The van der Waals surface area contributed by atoms with E-state index < -0.39 is 0 Å². The van der Waals surface area contributed by atoms with Crippen molar-refractivity contribution in [2.24, 2.45) is 0 Å². The first-order chi connectivity index (χ1) is 12.7. The number of carbonyl (C=O) groups excluding carboxylic acids is 1.